The van der Waals surface area contributed by atoms with Crippen molar-refractivity contribution in [1.29, 1.82) is 0 Å². The Morgan fingerprint density at radius 2 is 2.11 bits per heavy atom. The minimum atomic E-state index is 0.730. The average Bonchev–Trinajstić information content (AvgIpc) is 2.71. The van der Waals surface area contributed by atoms with E-state index >= 15 is 0 Å². The van der Waals surface area contributed by atoms with Crippen molar-refractivity contribution in [3.63, 3.8) is 0 Å². The first-order valence-corrected chi connectivity index (χ1v) is 7.41. The number of aryl methyl sites for hydroxylation is 1. The van der Waals surface area contributed by atoms with E-state index in [0.29, 0.717) is 0 Å². The molecule has 1 N–H and O–H groups in total. The monoisotopic (exact) mass is 308 g/mol. The van der Waals surface area contributed by atoms with Gasteiger partial charge in [-0.1, -0.05) is 35.8 Å². The summed E-state index contributed by atoms with van der Waals surface area (Å²) in [6.45, 7) is 7.75. The van der Waals surface area contributed by atoms with Crippen molar-refractivity contribution < 1.29 is 0 Å². The summed E-state index contributed by atoms with van der Waals surface area (Å²) < 4.78 is 3.48. The molecule has 0 spiro atoms. The first-order valence-electron chi connectivity index (χ1n) is 6.62. The molecule has 1 aromatic heterocycles. The molecule has 3 heteroatoms. The van der Waals surface area contributed by atoms with E-state index in [2.05, 4.69) is 70.1 Å². The van der Waals surface area contributed by atoms with E-state index in [1.54, 1.807) is 0 Å². The number of rotatable bonds is 6. The van der Waals surface area contributed by atoms with Crippen molar-refractivity contribution in [2.45, 2.75) is 26.8 Å². The van der Waals surface area contributed by atoms with Crippen LogP contribution in [0.4, 0.5) is 0 Å². The molecule has 0 bridgehead atoms. The molecule has 0 atom stereocenters. The van der Waals surface area contributed by atoms with Crippen LogP contribution in [-0.2, 0) is 6.54 Å². The molecule has 1 heterocycles. The fourth-order valence-corrected chi connectivity index (χ4v) is 2.47. The molecule has 0 saturated carbocycles. The van der Waals surface area contributed by atoms with E-state index in [-0.39, 0.29) is 0 Å². The second kappa shape index (κ2) is 6.39. The van der Waals surface area contributed by atoms with E-state index in [0.717, 1.165) is 30.0 Å². The third kappa shape index (κ3) is 3.59. The number of halogens is 1. The van der Waals surface area contributed by atoms with Gasteiger partial charge in [0.2, 0.25) is 0 Å². The van der Waals surface area contributed by atoms with Gasteiger partial charge < -0.3 is 9.88 Å². The Kier molecular flexibility index (Phi) is 4.84. The van der Waals surface area contributed by atoms with Crippen LogP contribution in [0.25, 0.3) is 10.9 Å². The molecular formula is C15H21BrN2. The zero-order valence-corrected chi connectivity index (χ0v) is 12.7. The normalized spacial score (nSPS) is 11.6. The lowest BCUT2D eigenvalue weighted by molar-refractivity contribution is 0.525. The SMILES string of the molecule is CC(C)CNCCCn1ccc2ccc(Br)cc21. The largest absolute Gasteiger partial charge is 0.347 e. The van der Waals surface area contributed by atoms with Crippen LogP contribution >= 0.6 is 15.9 Å². The summed E-state index contributed by atoms with van der Waals surface area (Å²) in [7, 11) is 0. The molecule has 2 rings (SSSR count). The fourth-order valence-electron chi connectivity index (χ4n) is 2.12. The molecule has 98 valence electrons. The zero-order valence-electron chi connectivity index (χ0n) is 11.1. The van der Waals surface area contributed by atoms with Gasteiger partial charge in [-0.15, -0.1) is 0 Å². The van der Waals surface area contributed by atoms with Gasteiger partial charge in [-0.05, 0) is 49.0 Å². The van der Waals surface area contributed by atoms with Gasteiger partial charge in [-0.25, -0.2) is 0 Å². The highest BCUT2D eigenvalue weighted by Gasteiger charge is 2.01. The van der Waals surface area contributed by atoms with Crippen LogP contribution in [0.2, 0.25) is 0 Å². The van der Waals surface area contributed by atoms with Crippen LogP contribution < -0.4 is 5.32 Å². The smallest absolute Gasteiger partial charge is 0.0491 e. The highest BCUT2D eigenvalue weighted by Crippen LogP contribution is 2.21. The van der Waals surface area contributed by atoms with E-state index in [9.17, 15) is 0 Å². The Bertz CT molecular complexity index is 502. The highest BCUT2D eigenvalue weighted by atomic mass is 79.9. The van der Waals surface area contributed by atoms with Gasteiger partial charge in [-0.3, -0.25) is 0 Å². The molecule has 18 heavy (non-hydrogen) atoms. The number of fused-ring (bicyclic) bond motifs is 1. The predicted octanol–water partition coefficient (Wildman–Crippen LogP) is 4.04. The van der Waals surface area contributed by atoms with Gasteiger partial charge in [0, 0.05) is 22.7 Å². The number of hydrogen-bond acceptors (Lipinski definition) is 1. The number of nitrogens with one attached hydrogen (secondary N) is 1. The maximum Gasteiger partial charge on any atom is 0.0491 e. The average molecular weight is 309 g/mol. The quantitative estimate of drug-likeness (QED) is 0.797. The van der Waals surface area contributed by atoms with Gasteiger partial charge in [0.25, 0.3) is 0 Å². The maximum atomic E-state index is 3.53. The summed E-state index contributed by atoms with van der Waals surface area (Å²) in [5.74, 6) is 0.730. The Balaban J connectivity index is 1.89. The first kappa shape index (κ1) is 13.6. The lowest BCUT2D eigenvalue weighted by Crippen LogP contribution is -2.21. The van der Waals surface area contributed by atoms with Crippen molar-refractivity contribution in [1.82, 2.24) is 9.88 Å². The van der Waals surface area contributed by atoms with Crippen LogP contribution in [-0.4, -0.2) is 17.7 Å². The number of aromatic nitrogens is 1. The summed E-state index contributed by atoms with van der Waals surface area (Å²) in [4.78, 5) is 0. The molecule has 0 unspecified atom stereocenters. The number of hydrogen-bond donors (Lipinski definition) is 1. The Labute approximate surface area is 118 Å². The molecular weight excluding hydrogens is 288 g/mol. The molecule has 0 amide bonds. The zero-order chi connectivity index (χ0) is 13.0. The van der Waals surface area contributed by atoms with Crippen molar-refractivity contribution in [3.8, 4) is 0 Å². The van der Waals surface area contributed by atoms with E-state index < -0.39 is 0 Å². The topological polar surface area (TPSA) is 17.0 Å². The van der Waals surface area contributed by atoms with Crippen LogP contribution in [0.1, 0.15) is 20.3 Å². The van der Waals surface area contributed by atoms with Gasteiger partial charge in [0.15, 0.2) is 0 Å². The third-order valence-electron chi connectivity index (χ3n) is 3.04. The van der Waals surface area contributed by atoms with Crippen LogP contribution in [0, 0.1) is 5.92 Å². The lowest BCUT2D eigenvalue weighted by Gasteiger charge is -2.08. The Hall–Kier alpha value is -0.800. The second-order valence-electron chi connectivity index (χ2n) is 5.16. The molecule has 0 aliphatic rings. The van der Waals surface area contributed by atoms with Crippen LogP contribution in [0.5, 0.6) is 0 Å². The minimum absolute atomic E-state index is 0.730. The van der Waals surface area contributed by atoms with Crippen LogP contribution in [0.15, 0.2) is 34.9 Å². The molecule has 0 aliphatic heterocycles. The summed E-state index contributed by atoms with van der Waals surface area (Å²) >= 11 is 3.53. The van der Waals surface area contributed by atoms with Crippen molar-refractivity contribution in [2.24, 2.45) is 5.92 Å². The third-order valence-corrected chi connectivity index (χ3v) is 3.53. The molecule has 2 nitrogen and oxygen atoms in total. The molecule has 0 fully saturated rings. The van der Waals surface area contributed by atoms with E-state index in [1.807, 2.05) is 0 Å². The van der Waals surface area contributed by atoms with Crippen LogP contribution in [0.3, 0.4) is 0 Å². The van der Waals surface area contributed by atoms with E-state index in [4.69, 9.17) is 0 Å². The van der Waals surface area contributed by atoms with Gasteiger partial charge in [0.1, 0.15) is 0 Å². The summed E-state index contributed by atoms with van der Waals surface area (Å²) in [6.07, 6.45) is 3.35. The highest BCUT2D eigenvalue weighted by molar-refractivity contribution is 9.10. The minimum Gasteiger partial charge on any atom is -0.347 e. The molecule has 0 radical (unpaired) electrons. The molecule has 2 aromatic rings. The van der Waals surface area contributed by atoms with E-state index in [1.165, 1.54) is 17.3 Å². The first-order chi connectivity index (χ1) is 8.66. The van der Waals surface area contributed by atoms with Crippen molar-refractivity contribution in [2.75, 3.05) is 13.1 Å². The molecule has 0 saturated heterocycles. The Morgan fingerprint density at radius 3 is 2.89 bits per heavy atom. The Morgan fingerprint density at radius 1 is 1.28 bits per heavy atom. The number of nitrogens with zero attached hydrogens (tertiary/aromatic N) is 1. The molecule has 0 aliphatic carbocycles. The molecule has 1 aromatic carbocycles. The summed E-state index contributed by atoms with van der Waals surface area (Å²) in [5.41, 5.74) is 1.31. The maximum absolute atomic E-state index is 3.53. The predicted molar refractivity (Wildman–Crippen MR) is 82.0 cm³/mol. The lowest BCUT2D eigenvalue weighted by atomic mass is 10.2. The summed E-state index contributed by atoms with van der Waals surface area (Å²) in [5, 5.41) is 4.80. The summed E-state index contributed by atoms with van der Waals surface area (Å²) in [6, 6.07) is 8.63. The fraction of sp³-hybridized carbons (Fsp3) is 0.467. The van der Waals surface area contributed by atoms with Gasteiger partial charge in [-0.2, -0.15) is 0 Å². The van der Waals surface area contributed by atoms with Crippen molar-refractivity contribution >= 4 is 26.8 Å². The number of benzene rings is 1. The standard InChI is InChI=1S/C15H21BrN2/c1-12(2)11-17-7-3-8-18-9-6-13-4-5-14(16)10-15(13)18/h4-6,9-10,12,17H,3,7-8,11H2,1-2H3. The second-order valence-corrected chi connectivity index (χ2v) is 6.08. The van der Waals surface area contributed by atoms with Gasteiger partial charge in [0.05, 0.1) is 0 Å². The van der Waals surface area contributed by atoms with Crippen molar-refractivity contribution in [3.05, 3.63) is 34.9 Å². The van der Waals surface area contributed by atoms with Gasteiger partial charge >= 0.3 is 0 Å².